The smallest absolute Gasteiger partial charge is 0.283 e. The van der Waals surface area contributed by atoms with Crippen LogP contribution in [0, 0.1) is 0 Å². The zero-order valence-corrected chi connectivity index (χ0v) is 8.97. The van der Waals surface area contributed by atoms with Crippen molar-refractivity contribution < 1.29 is 4.79 Å². The van der Waals surface area contributed by atoms with E-state index in [4.69, 9.17) is 11.6 Å². The Morgan fingerprint density at radius 2 is 2.46 bits per heavy atom. The molecule has 2 rings (SSSR count). The van der Waals surface area contributed by atoms with Gasteiger partial charge in [-0.1, -0.05) is 0 Å². The fourth-order valence-electron chi connectivity index (χ4n) is 1.41. The maximum Gasteiger partial charge on any atom is 0.322 e. The molecule has 0 aliphatic carbocycles. The summed E-state index contributed by atoms with van der Waals surface area (Å²) in [5.74, 6) is 0.684. The summed E-state index contributed by atoms with van der Waals surface area (Å²) in [6.07, 6.45) is 2.48. The van der Waals surface area contributed by atoms with E-state index in [1.807, 2.05) is 6.07 Å². The van der Waals surface area contributed by atoms with Gasteiger partial charge in [0.15, 0.2) is 0 Å². The lowest BCUT2D eigenvalue weighted by molar-refractivity contribution is 0.264. The minimum absolute atomic E-state index is 0.464. The van der Waals surface area contributed by atoms with Gasteiger partial charge >= 0.3 is 5.37 Å². The van der Waals surface area contributed by atoms with Crippen LogP contribution in [0.5, 0.6) is 0 Å². The third-order valence-electron chi connectivity index (χ3n) is 1.98. The van der Waals surface area contributed by atoms with Crippen LogP contribution in [0.4, 0.5) is 10.6 Å². The number of halogens is 2. The van der Waals surface area contributed by atoms with Gasteiger partial charge < -0.3 is 0 Å². The number of amides is 1. The van der Waals surface area contributed by atoms with Crippen molar-refractivity contribution in [2.24, 2.45) is 0 Å². The minimum atomic E-state index is -0.464. The number of aromatic nitrogens is 1. The normalized spacial score (nSPS) is 14.5. The highest BCUT2D eigenvalue weighted by Gasteiger charge is 2.24. The summed E-state index contributed by atoms with van der Waals surface area (Å²) < 4.78 is 0.926. The lowest BCUT2D eigenvalue weighted by atomic mass is 10.2. The van der Waals surface area contributed by atoms with Crippen molar-refractivity contribution >= 4 is 38.7 Å². The minimum Gasteiger partial charge on any atom is -0.283 e. The fraction of sp³-hybridized carbons (Fsp3) is 0.250. The van der Waals surface area contributed by atoms with Crippen LogP contribution in [0.15, 0.2) is 16.7 Å². The van der Waals surface area contributed by atoms with E-state index in [1.165, 1.54) is 4.90 Å². The molecule has 0 N–H and O–H groups in total. The molecule has 68 valence electrons. The molecule has 1 aliphatic heterocycles. The standard InChI is InChI=1S/C8H6BrClN2O/c9-6-3-5-1-2-12(8(10)13)7(5)11-4-6/h3-4H,1-2H2. The van der Waals surface area contributed by atoms with Crippen LogP contribution in [0.1, 0.15) is 5.56 Å². The van der Waals surface area contributed by atoms with Gasteiger partial charge in [0, 0.05) is 17.2 Å². The SMILES string of the molecule is O=C(Cl)N1CCc2cc(Br)cnc21. The summed E-state index contributed by atoms with van der Waals surface area (Å²) in [4.78, 5) is 16.5. The van der Waals surface area contributed by atoms with Gasteiger partial charge in [0.2, 0.25) is 0 Å². The lowest BCUT2D eigenvalue weighted by Gasteiger charge is -2.10. The van der Waals surface area contributed by atoms with Gasteiger partial charge in [0.25, 0.3) is 0 Å². The first-order valence-electron chi connectivity index (χ1n) is 3.80. The van der Waals surface area contributed by atoms with Crippen LogP contribution < -0.4 is 4.90 Å². The first-order chi connectivity index (χ1) is 6.18. The maximum absolute atomic E-state index is 10.9. The fourth-order valence-corrected chi connectivity index (χ4v) is 1.95. The summed E-state index contributed by atoms with van der Waals surface area (Å²) in [6.45, 7) is 0.626. The number of carbonyl (C=O) groups excluding carboxylic acids is 1. The molecule has 0 saturated heterocycles. The second-order valence-electron chi connectivity index (χ2n) is 2.79. The number of anilines is 1. The molecule has 0 bridgehead atoms. The van der Waals surface area contributed by atoms with Crippen molar-refractivity contribution in [3.8, 4) is 0 Å². The molecule has 1 aromatic heterocycles. The lowest BCUT2D eigenvalue weighted by Crippen LogP contribution is -2.23. The zero-order chi connectivity index (χ0) is 9.42. The molecule has 0 spiro atoms. The van der Waals surface area contributed by atoms with Crippen LogP contribution in [0.2, 0.25) is 0 Å². The second-order valence-corrected chi connectivity index (χ2v) is 4.03. The molecule has 0 unspecified atom stereocenters. The van der Waals surface area contributed by atoms with Crippen LogP contribution in [-0.2, 0) is 6.42 Å². The number of hydrogen-bond acceptors (Lipinski definition) is 2. The number of nitrogens with zero attached hydrogens (tertiary/aromatic N) is 2. The van der Waals surface area contributed by atoms with Crippen molar-refractivity contribution in [2.75, 3.05) is 11.4 Å². The van der Waals surface area contributed by atoms with Gasteiger partial charge in [-0.05, 0) is 45.6 Å². The number of hydrogen-bond donors (Lipinski definition) is 0. The van der Waals surface area contributed by atoms with E-state index >= 15 is 0 Å². The Labute approximate surface area is 88.8 Å². The molecule has 0 atom stereocenters. The summed E-state index contributed by atoms with van der Waals surface area (Å²) >= 11 is 8.71. The highest BCUT2D eigenvalue weighted by molar-refractivity contribution is 9.10. The van der Waals surface area contributed by atoms with Crippen molar-refractivity contribution in [3.05, 3.63) is 22.3 Å². The Hall–Kier alpha value is -0.610. The van der Waals surface area contributed by atoms with Crippen molar-refractivity contribution in [1.29, 1.82) is 0 Å². The number of rotatable bonds is 0. The number of fused-ring (bicyclic) bond motifs is 1. The summed E-state index contributed by atoms with van der Waals surface area (Å²) in [7, 11) is 0. The van der Waals surface area contributed by atoms with E-state index in [2.05, 4.69) is 20.9 Å². The van der Waals surface area contributed by atoms with Gasteiger partial charge in [0.1, 0.15) is 5.82 Å². The highest BCUT2D eigenvalue weighted by atomic mass is 79.9. The Morgan fingerprint density at radius 3 is 3.15 bits per heavy atom. The highest BCUT2D eigenvalue weighted by Crippen LogP contribution is 2.28. The quantitative estimate of drug-likeness (QED) is 0.531. The Kier molecular flexibility index (Phi) is 2.26. The van der Waals surface area contributed by atoms with E-state index in [-0.39, 0.29) is 0 Å². The van der Waals surface area contributed by atoms with Crippen molar-refractivity contribution in [2.45, 2.75) is 6.42 Å². The molecule has 0 fully saturated rings. The van der Waals surface area contributed by atoms with E-state index in [9.17, 15) is 4.79 Å². The third-order valence-corrected chi connectivity index (χ3v) is 2.62. The van der Waals surface area contributed by atoms with Gasteiger partial charge in [-0.15, -0.1) is 0 Å². The molecule has 0 aromatic carbocycles. The van der Waals surface area contributed by atoms with Crippen LogP contribution in [0.3, 0.4) is 0 Å². The van der Waals surface area contributed by atoms with Gasteiger partial charge in [-0.2, -0.15) is 0 Å². The molecule has 3 nitrogen and oxygen atoms in total. The Morgan fingerprint density at radius 1 is 1.69 bits per heavy atom. The summed E-state index contributed by atoms with van der Waals surface area (Å²) in [5.41, 5.74) is 1.06. The average Bonchev–Trinajstić information content (AvgIpc) is 2.46. The topological polar surface area (TPSA) is 33.2 Å². The van der Waals surface area contributed by atoms with E-state index in [0.29, 0.717) is 12.4 Å². The molecule has 1 aromatic rings. The predicted molar refractivity (Wildman–Crippen MR) is 54.2 cm³/mol. The monoisotopic (exact) mass is 260 g/mol. The van der Waals surface area contributed by atoms with E-state index < -0.39 is 5.37 Å². The van der Waals surface area contributed by atoms with Gasteiger partial charge in [-0.3, -0.25) is 9.69 Å². The van der Waals surface area contributed by atoms with Crippen LogP contribution in [-0.4, -0.2) is 16.9 Å². The Balaban J connectivity index is 2.44. The molecule has 1 amide bonds. The first kappa shape index (κ1) is 8.97. The van der Waals surface area contributed by atoms with E-state index in [0.717, 1.165) is 16.5 Å². The number of carbonyl (C=O) groups is 1. The molecular formula is C8H6BrClN2O. The molecule has 2 heterocycles. The van der Waals surface area contributed by atoms with Gasteiger partial charge in [-0.25, -0.2) is 4.98 Å². The number of pyridine rings is 1. The zero-order valence-electron chi connectivity index (χ0n) is 6.63. The summed E-state index contributed by atoms with van der Waals surface area (Å²) in [5, 5.41) is -0.464. The Bertz CT molecular complexity index is 369. The molecule has 1 aliphatic rings. The molecular weight excluding hydrogens is 255 g/mol. The van der Waals surface area contributed by atoms with Crippen molar-refractivity contribution in [1.82, 2.24) is 4.98 Å². The molecule has 0 saturated carbocycles. The first-order valence-corrected chi connectivity index (χ1v) is 4.97. The predicted octanol–water partition coefficient (Wildman–Crippen LogP) is 2.57. The molecule has 5 heteroatoms. The molecule has 13 heavy (non-hydrogen) atoms. The largest absolute Gasteiger partial charge is 0.322 e. The van der Waals surface area contributed by atoms with Gasteiger partial charge in [0.05, 0.1) is 0 Å². The van der Waals surface area contributed by atoms with E-state index in [1.54, 1.807) is 6.20 Å². The van der Waals surface area contributed by atoms with Crippen LogP contribution >= 0.6 is 27.5 Å². The maximum atomic E-state index is 10.9. The summed E-state index contributed by atoms with van der Waals surface area (Å²) in [6, 6.07) is 1.96. The average molecular weight is 262 g/mol. The second kappa shape index (κ2) is 3.27. The third kappa shape index (κ3) is 1.56. The molecule has 0 radical (unpaired) electrons. The van der Waals surface area contributed by atoms with Crippen LogP contribution in [0.25, 0.3) is 0 Å². The van der Waals surface area contributed by atoms with Crippen molar-refractivity contribution in [3.63, 3.8) is 0 Å².